The standard InChI is InChI=1S/C14H15F3N2O2S/c15-14(16,17)22-12-7-6-11-8-18(12)13(20)19(11)21-9-10-4-2-1-3-5-10/h1-5,11-12H,6-9H2/t11?,12-/m1/s1. The van der Waals surface area contributed by atoms with E-state index in [0.29, 0.717) is 19.4 Å². The van der Waals surface area contributed by atoms with E-state index in [-0.39, 0.29) is 24.4 Å². The minimum absolute atomic E-state index is 0.120. The van der Waals surface area contributed by atoms with Crippen molar-refractivity contribution in [3.05, 3.63) is 35.9 Å². The maximum Gasteiger partial charge on any atom is 0.443 e. The third kappa shape index (κ3) is 3.33. The van der Waals surface area contributed by atoms with E-state index in [1.807, 2.05) is 30.3 Å². The smallest absolute Gasteiger partial charge is 0.308 e. The summed E-state index contributed by atoms with van der Waals surface area (Å²) in [5, 5.41) is 0.387. The number of urea groups is 1. The number of fused-ring (bicyclic) bond motifs is 2. The number of nitrogens with zero attached hydrogens (tertiary/aromatic N) is 2. The summed E-state index contributed by atoms with van der Waals surface area (Å²) in [6, 6.07) is 8.71. The highest BCUT2D eigenvalue weighted by Crippen LogP contribution is 2.42. The number of thioether (sulfide) groups is 1. The Balaban J connectivity index is 1.63. The van der Waals surface area contributed by atoms with Gasteiger partial charge in [-0.25, -0.2) is 4.79 Å². The van der Waals surface area contributed by atoms with Crippen LogP contribution in [0.5, 0.6) is 0 Å². The van der Waals surface area contributed by atoms with Crippen LogP contribution in [0.2, 0.25) is 0 Å². The molecule has 0 aromatic heterocycles. The second-order valence-corrected chi connectivity index (χ2v) is 6.51. The van der Waals surface area contributed by atoms with Crippen LogP contribution >= 0.6 is 11.8 Å². The number of rotatable bonds is 4. The molecular formula is C14H15F3N2O2S. The van der Waals surface area contributed by atoms with Gasteiger partial charge in [0.2, 0.25) is 0 Å². The summed E-state index contributed by atoms with van der Waals surface area (Å²) in [7, 11) is 0. The van der Waals surface area contributed by atoms with E-state index in [1.165, 1.54) is 9.96 Å². The highest BCUT2D eigenvalue weighted by molar-refractivity contribution is 8.00. The highest BCUT2D eigenvalue weighted by atomic mass is 32.2. The van der Waals surface area contributed by atoms with Gasteiger partial charge in [0.25, 0.3) is 0 Å². The molecule has 2 amide bonds. The lowest BCUT2D eigenvalue weighted by atomic mass is 10.1. The van der Waals surface area contributed by atoms with Crippen LogP contribution in [-0.2, 0) is 11.4 Å². The highest BCUT2D eigenvalue weighted by Gasteiger charge is 2.49. The molecular weight excluding hydrogens is 317 g/mol. The van der Waals surface area contributed by atoms with Gasteiger partial charge >= 0.3 is 11.5 Å². The first-order valence-corrected chi connectivity index (χ1v) is 7.83. The number of hydroxylamine groups is 2. The lowest BCUT2D eigenvalue weighted by Crippen LogP contribution is -2.39. The summed E-state index contributed by atoms with van der Waals surface area (Å²) in [5.41, 5.74) is -3.43. The van der Waals surface area contributed by atoms with Gasteiger partial charge in [-0.3, -0.25) is 4.84 Å². The maximum absolute atomic E-state index is 12.5. The number of alkyl halides is 3. The topological polar surface area (TPSA) is 32.8 Å². The molecule has 1 unspecified atom stereocenters. The summed E-state index contributed by atoms with van der Waals surface area (Å²) >= 11 is -0.120. The first kappa shape index (κ1) is 15.5. The van der Waals surface area contributed by atoms with Crippen molar-refractivity contribution in [3.8, 4) is 0 Å². The van der Waals surface area contributed by atoms with Gasteiger partial charge < -0.3 is 4.90 Å². The molecule has 2 fully saturated rings. The Morgan fingerprint density at radius 3 is 2.64 bits per heavy atom. The van der Waals surface area contributed by atoms with Gasteiger partial charge in [0, 0.05) is 6.54 Å². The molecule has 0 spiro atoms. The van der Waals surface area contributed by atoms with Crippen molar-refractivity contribution >= 4 is 17.8 Å². The van der Waals surface area contributed by atoms with Gasteiger partial charge in [-0.05, 0) is 30.2 Å². The monoisotopic (exact) mass is 332 g/mol. The summed E-state index contributed by atoms with van der Waals surface area (Å²) < 4.78 is 37.6. The van der Waals surface area contributed by atoms with Crippen LogP contribution in [0, 0.1) is 0 Å². The first-order valence-electron chi connectivity index (χ1n) is 6.95. The first-order chi connectivity index (χ1) is 10.4. The van der Waals surface area contributed by atoms with Crippen molar-refractivity contribution in [1.82, 2.24) is 9.96 Å². The van der Waals surface area contributed by atoms with Crippen LogP contribution in [0.3, 0.4) is 0 Å². The summed E-state index contributed by atoms with van der Waals surface area (Å²) in [4.78, 5) is 19.1. The minimum Gasteiger partial charge on any atom is -0.308 e. The number of halogens is 3. The molecule has 2 atom stereocenters. The summed E-state index contributed by atoms with van der Waals surface area (Å²) in [5.74, 6) is 0. The van der Waals surface area contributed by atoms with Crippen molar-refractivity contribution in [1.29, 1.82) is 0 Å². The third-order valence-electron chi connectivity index (χ3n) is 3.75. The fraction of sp³-hybridized carbons (Fsp3) is 0.500. The molecule has 22 heavy (non-hydrogen) atoms. The van der Waals surface area contributed by atoms with Crippen molar-refractivity contribution in [3.63, 3.8) is 0 Å². The van der Waals surface area contributed by atoms with Crippen molar-refractivity contribution in [2.45, 2.75) is 36.4 Å². The molecule has 1 aromatic rings. The SMILES string of the molecule is O=C1N(OCc2ccccc2)C2CC[C@@H](SC(F)(F)F)N1C2. The number of hydrogen-bond acceptors (Lipinski definition) is 3. The van der Waals surface area contributed by atoms with E-state index in [4.69, 9.17) is 4.84 Å². The Labute approximate surface area is 130 Å². The van der Waals surface area contributed by atoms with Crippen molar-refractivity contribution in [2.75, 3.05) is 6.54 Å². The van der Waals surface area contributed by atoms with Gasteiger partial charge in [0.15, 0.2) is 0 Å². The van der Waals surface area contributed by atoms with Gasteiger partial charge in [0.1, 0.15) is 6.61 Å². The molecule has 2 aliphatic heterocycles. The van der Waals surface area contributed by atoms with E-state index < -0.39 is 16.9 Å². The molecule has 1 aromatic carbocycles. The van der Waals surface area contributed by atoms with Gasteiger partial charge in [-0.1, -0.05) is 30.3 Å². The molecule has 0 aliphatic carbocycles. The fourth-order valence-corrected chi connectivity index (χ4v) is 3.62. The zero-order valence-electron chi connectivity index (χ0n) is 11.6. The Kier molecular flexibility index (Phi) is 4.22. The lowest BCUT2D eigenvalue weighted by molar-refractivity contribution is -0.140. The van der Waals surface area contributed by atoms with Crippen molar-refractivity contribution < 1.29 is 22.8 Å². The van der Waals surface area contributed by atoms with E-state index in [0.717, 1.165) is 5.56 Å². The molecule has 4 nitrogen and oxygen atoms in total. The number of carbonyl (C=O) groups is 1. The Morgan fingerprint density at radius 2 is 1.95 bits per heavy atom. The quantitative estimate of drug-likeness (QED) is 0.845. The Hall–Kier alpha value is -1.41. The van der Waals surface area contributed by atoms with Gasteiger partial charge in [-0.2, -0.15) is 18.2 Å². The zero-order chi connectivity index (χ0) is 15.7. The Bertz CT molecular complexity index is 541. The second kappa shape index (κ2) is 6.00. The molecule has 8 heteroatoms. The molecule has 2 bridgehead atoms. The minimum atomic E-state index is -4.34. The molecule has 0 saturated carbocycles. The van der Waals surface area contributed by atoms with Crippen LogP contribution in [-0.4, -0.2) is 39.5 Å². The van der Waals surface area contributed by atoms with Gasteiger partial charge in [0.05, 0.1) is 11.4 Å². The molecule has 2 aliphatic rings. The predicted molar refractivity (Wildman–Crippen MR) is 75.6 cm³/mol. The molecule has 2 heterocycles. The molecule has 0 N–H and O–H groups in total. The van der Waals surface area contributed by atoms with E-state index >= 15 is 0 Å². The summed E-state index contributed by atoms with van der Waals surface area (Å²) in [6.07, 6.45) is 0.844. The molecule has 3 rings (SSSR count). The number of amides is 2. The molecule has 2 saturated heterocycles. The molecule has 0 radical (unpaired) electrons. The average Bonchev–Trinajstić information content (AvgIpc) is 2.72. The number of hydrogen-bond donors (Lipinski definition) is 0. The van der Waals surface area contributed by atoms with E-state index in [1.54, 1.807) is 0 Å². The number of benzene rings is 1. The van der Waals surface area contributed by atoms with E-state index in [2.05, 4.69) is 0 Å². The molecule has 120 valence electrons. The predicted octanol–water partition coefficient (Wildman–Crippen LogP) is 3.60. The fourth-order valence-electron chi connectivity index (χ4n) is 2.76. The number of piperidine rings is 1. The van der Waals surface area contributed by atoms with Crippen LogP contribution < -0.4 is 0 Å². The number of carbonyl (C=O) groups excluding carboxylic acids is 1. The third-order valence-corrected chi connectivity index (χ3v) is 4.78. The zero-order valence-corrected chi connectivity index (χ0v) is 12.4. The summed E-state index contributed by atoms with van der Waals surface area (Å²) in [6.45, 7) is 0.523. The van der Waals surface area contributed by atoms with Crippen LogP contribution in [0.1, 0.15) is 18.4 Å². The van der Waals surface area contributed by atoms with E-state index in [9.17, 15) is 18.0 Å². The second-order valence-electron chi connectivity index (χ2n) is 5.27. The van der Waals surface area contributed by atoms with Crippen LogP contribution in [0.15, 0.2) is 30.3 Å². The van der Waals surface area contributed by atoms with Crippen molar-refractivity contribution in [2.24, 2.45) is 0 Å². The normalized spacial score (nSPS) is 25.0. The Morgan fingerprint density at radius 1 is 1.23 bits per heavy atom. The van der Waals surface area contributed by atoms with Crippen LogP contribution in [0.25, 0.3) is 0 Å². The largest absolute Gasteiger partial charge is 0.443 e. The van der Waals surface area contributed by atoms with Gasteiger partial charge in [-0.15, -0.1) is 0 Å². The van der Waals surface area contributed by atoms with Crippen LogP contribution in [0.4, 0.5) is 18.0 Å². The maximum atomic E-state index is 12.5. The lowest BCUT2D eigenvalue weighted by Gasteiger charge is -2.30. The average molecular weight is 332 g/mol.